The van der Waals surface area contributed by atoms with Crippen molar-refractivity contribution < 1.29 is 13.2 Å². The SMILES string of the molecule is CCc1cnc(CCNS(=O)(=O)c2cnn(C3CCOCC3)c2)s1. The lowest BCUT2D eigenvalue weighted by Crippen LogP contribution is -2.25. The van der Waals surface area contributed by atoms with Crippen LogP contribution in [0.5, 0.6) is 0 Å². The molecule has 1 N–H and O–H groups in total. The molecule has 2 aromatic rings. The minimum Gasteiger partial charge on any atom is -0.381 e. The van der Waals surface area contributed by atoms with E-state index in [2.05, 4.69) is 21.7 Å². The number of ether oxygens (including phenoxy) is 1. The molecule has 3 rings (SSSR count). The second-order valence-electron chi connectivity index (χ2n) is 5.72. The standard InChI is InChI=1S/C15H22N4O3S2/c1-2-13-9-16-15(23-13)3-6-18-24(20,21)14-10-17-19(11-14)12-4-7-22-8-5-12/h9-12,18H,2-8H2,1H3. The molecule has 9 heteroatoms. The molecule has 0 unspecified atom stereocenters. The zero-order valence-electron chi connectivity index (χ0n) is 13.6. The first kappa shape index (κ1) is 17.5. The van der Waals surface area contributed by atoms with Crippen molar-refractivity contribution in [3.05, 3.63) is 28.5 Å². The lowest BCUT2D eigenvalue weighted by atomic mass is 10.1. The Morgan fingerprint density at radius 1 is 1.38 bits per heavy atom. The smallest absolute Gasteiger partial charge is 0.243 e. The maximum Gasteiger partial charge on any atom is 0.243 e. The summed E-state index contributed by atoms with van der Waals surface area (Å²) >= 11 is 1.63. The predicted molar refractivity (Wildman–Crippen MR) is 91.7 cm³/mol. The third-order valence-electron chi connectivity index (χ3n) is 4.03. The van der Waals surface area contributed by atoms with E-state index in [1.54, 1.807) is 22.2 Å². The number of hydrogen-bond donors (Lipinski definition) is 1. The molecule has 0 atom stereocenters. The van der Waals surface area contributed by atoms with Crippen LogP contribution in [0.1, 0.15) is 35.7 Å². The summed E-state index contributed by atoms with van der Waals surface area (Å²) in [5, 5.41) is 5.17. The fourth-order valence-corrected chi connectivity index (χ4v) is 4.44. The van der Waals surface area contributed by atoms with Crippen molar-refractivity contribution in [2.24, 2.45) is 0 Å². The number of nitrogens with zero attached hydrogens (tertiary/aromatic N) is 3. The Balaban J connectivity index is 1.57. The van der Waals surface area contributed by atoms with Crippen LogP contribution in [0.25, 0.3) is 0 Å². The van der Waals surface area contributed by atoms with Crippen LogP contribution in [-0.4, -0.2) is 42.9 Å². The molecule has 1 saturated heterocycles. The van der Waals surface area contributed by atoms with Crippen molar-refractivity contribution in [2.45, 2.75) is 43.5 Å². The minimum absolute atomic E-state index is 0.211. The summed E-state index contributed by atoms with van der Waals surface area (Å²) in [5.74, 6) is 0. The summed E-state index contributed by atoms with van der Waals surface area (Å²) in [6, 6.07) is 0.213. The number of hydrogen-bond acceptors (Lipinski definition) is 6. The molecule has 132 valence electrons. The summed E-state index contributed by atoms with van der Waals surface area (Å²) in [7, 11) is -3.53. The molecule has 0 aliphatic carbocycles. The Kier molecular flexibility index (Phi) is 5.65. The molecule has 0 bridgehead atoms. The maximum absolute atomic E-state index is 12.4. The Morgan fingerprint density at radius 2 is 2.17 bits per heavy atom. The van der Waals surface area contributed by atoms with Gasteiger partial charge >= 0.3 is 0 Å². The molecule has 7 nitrogen and oxygen atoms in total. The number of rotatable bonds is 7. The van der Waals surface area contributed by atoms with Gasteiger partial charge in [-0.25, -0.2) is 18.1 Å². The normalized spacial score (nSPS) is 16.5. The second kappa shape index (κ2) is 7.73. The zero-order valence-corrected chi connectivity index (χ0v) is 15.3. The summed E-state index contributed by atoms with van der Waals surface area (Å²) in [4.78, 5) is 5.72. The molecule has 0 amide bonds. The largest absolute Gasteiger partial charge is 0.381 e. The Labute approximate surface area is 146 Å². The summed E-state index contributed by atoms with van der Waals surface area (Å²) in [6.45, 7) is 3.80. The predicted octanol–water partition coefficient (Wildman–Crippen LogP) is 1.77. The topological polar surface area (TPSA) is 86.1 Å². The van der Waals surface area contributed by atoms with Crippen molar-refractivity contribution >= 4 is 21.4 Å². The first-order valence-corrected chi connectivity index (χ1v) is 10.4. The highest BCUT2D eigenvalue weighted by molar-refractivity contribution is 7.89. The summed E-state index contributed by atoms with van der Waals surface area (Å²) in [5.41, 5.74) is 0. The maximum atomic E-state index is 12.4. The van der Waals surface area contributed by atoms with Crippen LogP contribution in [0.3, 0.4) is 0 Å². The van der Waals surface area contributed by atoms with Gasteiger partial charge in [0.2, 0.25) is 10.0 Å². The van der Waals surface area contributed by atoms with E-state index < -0.39 is 10.0 Å². The van der Waals surface area contributed by atoms with Crippen molar-refractivity contribution in [2.75, 3.05) is 19.8 Å². The lowest BCUT2D eigenvalue weighted by Gasteiger charge is -2.22. The first-order chi connectivity index (χ1) is 11.6. The molecule has 1 aliphatic heterocycles. The molecule has 3 heterocycles. The van der Waals surface area contributed by atoms with E-state index in [1.807, 2.05) is 6.20 Å². The van der Waals surface area contributed by atoms with Crippen molar-refractivity contribution in [1.29, 1.82) is 0 Å². The highest BCUT2D eigenvalue weighted by atomic mass is 32.2. The van der Waals surface area contributed by atoms with Gasteiger partial charge in [0, 0.05) is 43.5 Å². The van der Waals surface area contributed by atoms with Gasteiger partial charge in [-0.05, 0) is 19.3 Å². The van der Waals surface area contributed by atoms with Gasteiger partial charge in [-0.1, -0.05) is 6.92 Å². The Bertz CT molecular complexity index is 763. The number of sulfonamides is 1. The molecule has 0 radical (unpaired) electrons. The van der Waals surface area contributed by atoms with Gasteiger partial charge in [-0.3, -0.25) is 4.68 Å². The van der Waals surface area contributed by atoms with Crippen molar-refractivity contribution in [3.63, 3.8) is 0 Å². The van der Waals surface area contributed by atoms with Gasteiger partial charge < -0.3 is 4.74 Å². The van der Waals surface area contributed by atoms with E-state index in [9.17, 15) is 8.42 Å². The third kappa shape index (κ3) is 4.21. The highest BCUT2D eigenvalue weighted by Gasteiger charge is 2.21. The van der Waals surface area contributed by atoms with Gasteiger partial charge in [-0.2, -0.15) is 5.10 Å². The Hall–Kier alpha value is -1.29. The first-order valence-electron chi connectivity index (χ1n) is 8.13. The van der Waals surface area contributed by atoms with Gasteiger partial charge in [0.15, 0.2) is 0 Å². The average Bonchev–Trinajstić information content (AvgIpc) is 3.25. The van der Waals surface area contributed by atoms with Gasteiger partial charge in [0.25, 0.3) is 0 Å². The quantitative estimate of drug-likeness (QED) is 0.803. The van der Waals surface area contributed by atoms with Crippen molar-refractivity contribution in [1.82, 2.24) is 19.5 Å². The highest BCUT2D eigenvalue weighted by Crippen LogP contribution is 2.21. The lowest BCUT2D eigenvalue weighted by molar-refractivity contribution is 0.0662. The molecule has 24 heavy (non-hydrogen) atoms. The van der Waals surface area contributed by atoms with Crippen LogP contribution in [0.15, 0.2) is 23.5 Å². The molecule has 0 saturated carbocycles. The molecule has 1 fully saturated rings. The molecule has 2 aromatic heterocycles. The molecular weight excluding hydrogens is 348 g/mol. The van der Waals surface area contributed by atoms with E-state index in [0.29, 0.717) is 26.2 Å². The molecule has 0 spiro atoms. The number of aromatic nitrogens is 3. The van der Waals surface area contributed by atoms with E-state index in [0.717, 1.165) is 24.3 Å². The fourth-order valence-electron chi connectivity index (χ4n) is 2.61. The van der Waals surface area contributed by atoms with Crippen LogP contribution in [0.4, 0.5) is 0 Å². The van der Waals surface area contributed by atoms with Crippen LogP contribution in [0, 0.1) is 0 Å². The van der Waals surface area contributed by atoms with E-state index in [1.165, 1.54) is 11.1 Å². The van der Waals surface area contributed by atoms with Crippen molar-refractivity contribution in [3.8, 4) is 0 Å². The summed E-state index contributed by atoms with van der Waals surface area (Å²) < 4.78 is 34.4. The molecule has 0 aromatic carbocycles. The molecular formula is C15H22N4O3S2. The third-order valence-corrected chi connectivity index (χ3v) is 6.65. The van der Waals surface area contributed by atoms with Crippen LogP contribution >= 0.6 is 11.3 Å². The van der Waals surface area contributed by atoms with Crippen LogP contribution in [-0.2, 0) is 27.6 Å². The van der Waals surface area contributed by atoms with Gasteiger partial charge in [-0.15, -0.1) is 11.3 Å². The zero-order chi connectivity index (χ0) is 17.0. The van der Waals surface area contributed by atoms with Gasteiger partial charge in [0.05, 0.1) is 17.2 Å². The van der Waals surface area contributed by atoms with E-state index in [-0.39, 0.29) is 10.9 Å². The van der Waals surface area contributed by atoms with Gasteiger partial charge in [0.1, 0.15) is 4.90 Å². The average molecular weight is 371 g/mol. The minimum atomic E-state index is -3.53. The molecule has 1 aliphatic rings. The van der Waals surface area contributed by atoms with E-state index in [4.69, 9.17) is 4.74 Å². The summed E-state index contributed by atoms with van der Waals surface area (Å²) in [6.07, 6.45) is 8.14. The van der Waals surface area contributed by atoms with Crippen LogP contribution < -0.4 is 4.72 Å². The van der Waals surface area contributed by atoms with Crippen LogP contribution in [0.2, 0.25) is 0 Å². The van der Waals surface area contributed by atoms with E-state index >= 15 is 0 Å². The second-order valence-corrected chi connectivity index (χ2v) is 8.69. The number of nitrogens with one attached hydrogen (secondary N) is 1. The monoisotopic (exact) mass is 370 g/mol. The number of thiazole rings is 1. The number of aryl methyl sites for hydroxylation is 1. The Morgan fingerprint density at radius 3 is 2.88 bits per heavy atom. The fraction of sp³-hybridized carbons (Fsp3) is 0.600.